The highest BCUT2D eigenvalue weighted by Gasteiger charge is 2.37. The van der Waals surface area contributed by atoms with Crippen LogP contribution < -0.4 is 5.73 Å². The van der Waals surface area contributed by atoms with E-state index in [0.29, 0.717) is 29.2 Å². The number of imidazole rings is 1. The van der Waals surface area contributed by atoms with Crippen molar-refractivity contribution in [2.24, 2.45) is 11.3 Å². The van der Waals surface area contributed by atoms with Gasteiger partial charge in [0.25, 0.3) is 0 Å². The van der Waals surface area contributed by atoms with Gasteiger partial charge in [0.2, 0.25) is 0 Å². The van der Waals surface area contributed by atoms with Gasteiger partial charge in [0.15, 0.2) is 16.6 Å². The number of hydrogen-bond acceptors (Lipinski definition) is 11. The average Bonchev–Trinajstić information content (AvgIpc) is 3.33. The molecule has 3 heterocycles. The van der Waals surface area contributed by atoms with Gasteiger partial charge in [-0.05, 0) is 20.3 Å². The van der Waals surface area contributed by atoms with Crippen LogP contribution in [0.2, 0.25) is 0 Å². The van der Waals surface area contributed by atoms with Crippen LogP contribution in [0.5, 0.6) is 0 Å². The molecule has 31 heavy (non-hydrogen) atoms. The molecular weight excluding hydrogens is 445 g/mol. The molecule has 13 heteroatoms. The Hall–Kier alpha value is -1.69. The molecule has 2 aromatic heterocycles. The lowest BCUT2D eigenvalue weighted by atomic mass is 9.97. The van der Waals surface area contributed by atoms with Crippen LogP contribution in [0, 0.1) is 11.3 Å². The zero-order valence-corrected chi connectivity index (χ0v) is 19.3. The number of nitrogen functional groups attached to an aromatic ring is 1. The van der Waals surface area contributed by atoms with Crippen molar-refractivity contribution in [3.8, 4) is 0 Å². The molecule has 1 fully saturated rings. The molecule has 2 aromatic rings. The van der Waals surface area contributed by atoms with E-state index in [0.717, 1.165) is 11.8 Å². The van der Waals surface area contributed by atoms with Crippen molar-refractivity contribution >= 4 is 42.1 Å². The summed E-state index contributed by atoms with van der Waals surface area (Å²) < 4.78 is 30.3. The van der Waals surface area contributed by atoms with Crippen LogP contribution in [0.25, 0.3) is 11.2 Å². The number of fused-ring (bicyclic) bond motifs is 1. The van der Waals surface area contributed by atoms with Crippen LogP contribution >= 0.6 is 20.0 Å². The van der Waals surface area contributed by atoms with Gasteiger partial charge in [0.1, 0.15) is 31.3 Å². The van der Waals surface area contributed by atoms with Crippen molar-refractivity contribution in [1.29, 1.82) is 0 Å². The summed E-state index contributed by atoms with van der Waals surface area (Å²) in [6.07, 6.45) is 3.15. The van der Waals surface area contributed by atoms with E-state index in [4.69, 9.17) is 19.5 Å². The third-order valence-electron chi connectivity index (χ3n) is 4.94. The number of ether oxygens (including phenoxy) is 1. The Kier molecular flexibility index (Phi) is 7.95. The van der Waals surface area contributed by atoms with Gasteiger partial charge in [-0.15, -0.1) is 9.05 Å². The fourth-order valence-electron chi connectivity index (χ4n) is 3.11. The second-order valence-corrected chi connectivity index (χ2v) is 10.0. The summed E-state index contributed by atoms with van der Waals surface area (Å²) in [4.78, 5) is 24.4. The van der Waals surface area contributed by atoms with Crippen LogP contribution in [0.15, 0.2) is 12.7 Å². The predicted octanol–water partition coefficient (Wildman–Crippen LogP) is 2.30. The van der Waals surface area contributed by atoms with E-state index >= 15 is 0 Å². The Morgan fingerprint density at radius 1 is 1.42 bits per heavy atom. The SMILES string of the molecule is C[C@H]1C[C@@H](CO[P+](=O)OCCSC(=O)C(C)(C)CO)O[C@H]1n1cnc2c(N)ncnc21. The molecule has 0 aliphatic carbocycles. The van der Waals surface area contributed by atoms with Gasteiger partial charge in [0.05, 0.1) is 24.5 Å². The first-order chi connectivity index (χ1) is 14.7. The van der Waals surface area contributed by atoms with Crippen LogP contribution in [0.3, 0.4) is 0 Å². The maximum absolute atomic E-state index is 12.0. The molecule has 11 nitrogen and oxygen atoms in total. The van der Waals surface area contributed by atoms with Crippen LogP contribution in [0.4, 0.5) is 5.82 Å². The molecule has 0 bridgehead atoms. The average molecular weight is 472 g/mol. The Bertz CT molecular complexity index is 941. The van der Waals surface area contributed by atoms with Gasteiger partial charge < -0.3 is 15.6 Å². The fourth-order valence-corrected chi connectivity index (χ4v) is 4.64. The number of thioether (sulfide) groups is 1. The number of rotatable bonds is 10. The van der Waals surface area contributed by atoms with Crippen LogP contribution in [0.1, 0.15) is 33.4 Å². The lowest BCUT2D eigenvalue weighted by molar-refractivity contribution is -0.119. The summed E-state index contributed by atoms with van der Waals surface area (Å²) in [6, 6.07) is 0. The molecule has 4 atom stereocenters. The summed E-state index contributed by atoms with van der Waals surface area (Å²) in [5.41, 5.74) is 6.15. The van der Waals surface area contributed by atoms with Crippen molar-refractivity contribution in [3.63, 3.8) is 0 Å². The molecule has 1 aliphatic heterocycles. The second-order valence-electron chi connectivity index (χ2n) is 7.98. The number of carbonyl (C=O) groups is 1. The zero-order valence-electron chi connectivity index (χ0n) is 17.6. The Morgan fingerprint density at radius 3 is 2.94 bits per heavy atom. The number of nitrogens with two attached hydrogens (primary N) is 1. The fraction of sp³-hybridized carbons (Fsp3) is 0.667. The van der Waals surface area contributed by atoms with Gasteiger partial charge in [-0.2, -0.15) is 0 Å². The molecule has 1 unspecified atom stereocenters. The van der Waals surface area contributed by atoms with Gasteiger partial charge in [0, 0.05) is 16.2 Å². The van der Waals surface area contributed by atoms with E-state index in [-0.39, 0.29) is 43.2 Å². The Labute approximate surface area is 185 Å². The molecule has 3 rings (SSSR count). The molecule has 1 saturated heterocycles. The third-order valence-corrected chi connectivity index (χ3v) is 6.88. The number of anilines is 1. The lowest BCUT2D eigenvalue weighted by Gasteiger charge is -2.18. The minimum absolute atomic E-state index is 0.0970. The van der Waals surface area contributed by atoms with Crippen LogP contribution in [-0.4, -0.2) is 61.4 Å². The molecule has 0 saturated carbocycles. The summed E-state index contributed by atoms with van der Waals surface area (Å²) >= 11 is 1.03. The number of hydrogen-bond donors (Lipinski definition) is 2. The van der Waals surface area contributed by atoms with E-state index in [1.165, 1.54) is 6.33 Å². The third kappa shape index (κ3) is 5.76. The van der Waals surface area contributed by atoms with Crippen LogP contribution in [-0.2, 0) is 23.1 Å². The highest BCUT2D eigenvalue weighted by molar-refractivity contribution is 8.13. The van der Waals surface area contributed by atoms with Crippen molar-refractivity contribution in [1.82, 2.24) is 19.5 Å². The molecule has 1 aliphatic rings. The number of aliphatic hydroxyl groups excluding tert-OH is 1. The number of nitrogens with zero attached hydrogens (tertiary/aromatic N) is 4. The minimum atomic E-state index is -2.33. The maximum Gasteiger partial charge on any atom is 0.697 e. The summed E-state index contributed by atoms with van der Waals surface area (Å²) in [5, 5.41) is 9.04. The first kappa shape index (κ1) is 24.0. The van der Waals surface area contributed by atoms with Crippen molar-refractivity contribution in [2.75, 3.05) is 31.3 Å². The largest absolute Gasteiger partial charge is 0.697 e. The van der Waals surface area contributed by atoms with E-state index in [1.807, 2.05) is 11.5 Å². The first-order valence-corrected chi connectivity index (χ1v) is 11.9. The van der Waals surface area contributed by atoms with E-state index in [1.54, 1.807) is 20.2 Å². The normalized spacial score (nSPS) is 22.2. The standard InChI is InChI=1S/C18H27N5O6PS/c1-11-6-12(7-28-30(26)27-4-5-31-17(25)18(2,3)8-24)29-16(11)23-10-22-13-14(19)20-9-21-15(13)23/h9-12,16,24H,4-8H2,1-3H3,(H2,19,20,21)/q+1/t11-,12-,16+/m0/s1. The smallest absolute Gasteiger partial charge is 0.395 e. The molecule has 0 amide bonds. The zero-order chi connectivity index (χ0) is 22.6. The monoisotopic (exact) mass is 472 g/mol. The number of aromatic nitrogens is 4. The highest BCUT2D eigenvalue weighted by atomic mass is 32.2. The second kappa shape index (κ2) is 10.3. The minimum Gasteiger partial charge on any atom is -0.395 e. The Morgan fingerprint density at radius 2 is 2.19 bits per heavy atom. The van der Waals surface area contributed by atoms with E-state index < -0.39 is 13.7 Å². The lowest BCUT2D eigenvalue weighted by Crippen LogP contribution is -2.26. The summed E-state index contributed by atoms with van der Waals surface area (Å²) in [5.74, 6) is 0.784. The quantitative estimate of drug-likeness (QED) is 0.387. The molecule has 0 radical (unpaired) electrons. The van der Waals surface area contributed by atoms with Crippen molar-refractivity contribution < 1.29 is 28.3 Å². The predicted molar refractivity (Wildman–Crippen MR) is 115 cm³/mol. The first-order valence-electron chi connectivity index (χ1n) is 9.82. The topological polar surface area (TPSA) is 152 Å². The molecule has 170 valence electrons. The van der Waals surface area contributed by atoms with Crippen molar-refractivity contribution in [3.05, 3.63) is 12.7 Å². The van der Waals surface area contributed by atoms with Gasteiger partial charge in [-0.25, -0.2) is 15.0 Å². The van der Waals surface area contributed by atoms with Gasteiger partial charge >= 0.3 is 8.25 Å². The summed E-state index contributed by atoms with van der Waals surface area (Å²) in [7, 11) is -2.33. The number of carbonyl (C=O) groups excluding carboxylic acids is 1. The number of aliphatic hydroxyl groups is 1. The van der Waals surface area contributed by atoms with E-state index in [9.17, 15) is 14.5 Å². The Balaban J connectivity index is 1.43. The molecule has 0 aromatic carbocycles. The van der Waals surface area contributed by atoms with Crippen molar-refractivity contribution in [2.45, 2.75) is 39.5 Å². The van der Waals surface area contributed by atoms with Gasteiger partial charge in [-0.3, -0.25) is 9.36 Å². The van der Waals surface area contributed by atoms with Gasteiger partial charge in [-0.1, -0.05) is 18.7 Å². The van der Waals surface area contributed by atoms with E-state index in [2.05, 4.69) is 15.0 Å². The molecule has 0 spiro atoms. The molecule has 3 N–H and O–H groups in total. The highest BCUT2D eigenvalue weighted by Crippen LogP contribution is 2.37. The summed E-state index contributed by atoms with van der Waals surface area (Å²) in [6.45, 7) is 5.35. The molecular formula is C18H27N5O6PS+. The maximum atomic E-state index is 12.0.